The molecule has 0 radical (unpaired) electrons. The van der Waals surface area contributed by atoms with Crippen LogP contribution in [-0.4, -0.2) is 224 Å². The summed E-state index contributed by atoms with van der Waals surface area (Å²) in [6, 6.07) is 52.0. The summed E-state index contributed by atoms with van der Waals surface area (Å²) in [6.45, 7) is 24.4. The average molecular weight is 1840 g/mol. The second kappa shape index (κ2) is 40.6. The van der Waals surface area contributed by atoms with Gasteiger partial charge in [-0.25, -0.2) is 34.9 Å². The van der Waals surface area contributed by atoms with Crippen LogP contribution in [0, 0.1) is 6.92 Å². The van der Waals surface area contributed by atoms with Gasteiger partial charge in [0.15, 0.2) is 11.5 Å². The van der Waals surface area contributed by atoms with Gasteiger partial charge in [0.05, 0.1) is 101 Å². The maximum absolute atomic E-state index is 12.8. The predicted molar refractivity (Wildman–Crippen MR) is 528 cm³/mol. The van der Waals surface area contributed by atoms with Crippen LogP contribution in [0.3, 0.4) is 0 Å². The number of nitrogens with zero attached hydrogens (tertiary/aromatic N) is 19. The number of anilines is 5. The number of aryl methyl sites for hydroxylation is 1. The van der Waals surface area contributed by atoms with E-state index in [0.29, 0.717) is 102 Å². The number of aromatic nitrogens is 14. The van der Waals surface area contributed by atoms with Gasteiger partial charge in [-0.2, -0.15) is 0 Å². The molecule has 5 aliphatic heterocycles. The van der Waals surface area contributed by atoms with Crippen molar-refractivity contribution in [2.24, 2.45) is 0 Å². The van der Waals surface area contributed by atoms with E-state index in [1.807, 2.05) is 194 Å². The van der Waals surface area contributed by atoms with Crippen molar-refractivity contribution in [3.63, 3.8) is 0 Å². The molecule has 17 aromatic rings. The third-order valence-corrected chi connectivity index (χ3v) is 24.7. The van der Waals surface area contributed by atoms with E-state index in [-0.39, 0.29) is 27.8 Å². The number of methoxy groups -OCH3 is 3. The number of ether oxygens (including phenoxy) is 4. The lowest BCUT2D eigenvalue weighted by atomic mass is 10.1. The van der Waals surface area contributed by atoms with Gasteiger partial charge in [-0.1, -0.05) is 23.2 Å². The second-order valence-corrected chi connectivity index (χ2v) is 33.7. The van der Waals surface area contributed by atoms with Crippen molar-refractivity contribution in [2.75, 3.05) is 177 Å². The van der Waals surface area contributed by atoms with Gasteiger partial charge >= 0.3 is 0 Å². The van der Waals surface area contributed by atoms with Crippen LogP contribution in [-0.2, 0) is 0 Å². The fraction of sp³-hybridized carbons (Fsp3) is 0.273. The molecule has 5 fully saturated rings. The summed E-state index contributed by atoms with van der Waals surface area (Å²) >= 11 is 12.4. The Kier molecular flexibility index (Phi) is 27.3. The number of fused-ring (bicyclic) bond motifs is 7. The average Bonchev–Trinajstić information content (AvgIpc) is 1.20. The Balaban J connectivity index is 0.000000112. The molecule has 5 aliphatic rings. The summed E-state index contributed by atoms with van der Waals surface area (Å²) in [5, 5.41) is 17.8. The first kappa shape index (κ1) is 90.0. The molecular weight excluding hydrogens is 1740 g/mol. The molecule has 22 rings (SSSR count). The van der Waals surface area contributed by atoms with Crippen LogP contribution >= 0.6 is 23.2 Å². The molecule has 0 spiro atoms. The van der Waals surface area contributed by atoms with E-state index < -0.39 is 0 Å². The molecule has 1 atom stereocenters. The highest BCUT2D eigenvalue weighted by Gasteiger charge is 2.23. The molecule has 33 nitrogen and oxygen atoms in total. The van der Waals surface area contributed by atoms with E-state index in [9.17, 15) is 24.0 Å². The highest BCUT2D eigenvalue weighted by Crippen LogP contribution is 2.35. The Bertz CT molecular complexity index is 7500. The van der Waals surface area contributed by atoms with Crippen LogP contribution in [0.4, 0.5) is 28.4 Å². The zero-order valence-corrected chi connectivity index (χ0v) is 76.6. The van der Waals surface area contributed by atoms with Gasteiger partial charge in [-0.15, -0.1) is 0 Å². The highest BCUT2D eigenvalue weighted by atomic mass is 35.5. The monoisotopic (exact) mass is 1840 g/mol. The molecule has 134 heavy (non-hydrogen) atoms. The molecule has 19 heterocycles. The first-order valence-corrected chi connectivity index (χ1v) is 45.5. The summed E-state index contributed by atoms with van der Waals surface area (Å²) in [6.07, 6.45) is 18.9. The second-order valence-electron chi connectivity index (χ2n) is 32.9. The number of pyridine rings is 7. The number of hydrogen-bond acceptors (Lipinski definition) is 26. The number of halogens is 2. The first-order chi connectivity index (χ1) is 65.3. The zero-order chi connectivity index (χ0) is 92.5. The summed E-state index contributed by atoms with van der Waals surface area (Å²) in [7, 11) is 4.74. The van der Waals surface area contributed by atoms with Crippen LogP contribution in [0.15, 0.2) is 256 Å². The van der Waals surface area contributed by atoms with Gasteiger partial charge < -0.3 is 78.8 Å². The Labute approximate surface area is 780 Å². The van der Waals surface area contributed by atoms with E-state index in [0.717, 1.165) is 198 Å². The number of benzene rings is 3. The largest absolute Gasteiger partial charge is 0.495 e. The number of piperazine rings is 5. The molecule has 0 aliphatic carbocycles. The first-order valence-electron chi connectivity index (χ1n) is 44.7. The number of nitrogens with one attached hydrogen (secondary N) is 5. The Morgan fingerprint density at radius 2 is 0.657 bits per heavy atom. The Morgan fingerprint density at radius 1 is 0.336 bits per heavy atom. The topological polar surface area (TPSA) is 320 Å². The SMILES string of the molecule is CCOc1cc(-c2cc(=O)n3cc(N4CCNCC4)ccc3n2)ccc1OC.COc1ccc(-c2cc(=O)n3cc(N4CCNCC4)ccc3n2)cc1Cl.COc1ccc(-c2cc(=O)n3cc(N4CCN[C@@H](C)C4)ccc3n2)cc1Cl.Cc1cn2cc(-c3cc(=O)n4cc(N5CCNCC5)ccc4n3)ccc2n1.O=c1cc(-c2ccc3nccn3c2)nc2ccc(N3CCNCC3)cn12. The minimum Gasteiger partial charge on any atom is -0.495 e. The lowest BCUT2D eigenvalue weighted by Gasteiger charge is -2.33. The van der Waals surface area contributed by atoms with Crippen LogP contribution in [0.5, 0.6) is 23.0 Å². The molecule has 5 N–H and O–H groups in total. The lowest BCUT2D eigenvalue weighted by molar-refractivity contribution is 0.311. The molecule has 0 unspecified atom stereocenters. The summed E-state index contributed by atoms with van der Waals surface area (Å²) in [5.41, 5.74) is 17.8. The smallest absolute Gasteiger partial charge is 0.258 e. The van der Waals surface area contributed by atoms with Crippen molar-refractivity contribution in [1.82, 2.24) is 92.3 Å². The molecule has 3 aromatic carbocycles. The van der Waals surface area contributed by atoms with E-state index in [4.69, 9.17) is 47.1 Å². The predicted octanol–water partition coefficient (Wildman–Crippen LogP) is 10.6. The molecular formula is C99H102Cl2N24O9. The van der Waals surface area contributed by atoms with Gasteiger partial charge in [-0.05, 0) is 160 Å². The van der Waals surface area contributed by atoms with Gasteiger partial charge in [0, 0.05) is 251 Å². The number of rotatable bonds is 15. The summed E-state index contributed by atoms with van der Waals surface area (Å²) in [5.74, 6) is 2.48. The van der Waals surface area contributed by atoms with Crippen molar-refractivity contribution >= 4 is 91.2 Å². The van der Waals surface area contributed by atoms with Gasteiger partial charge in [0.25, 0.3) is 27.8 Å². The van der Waals surface area contributed by atoms with Gasteiger partial charge in [0.2, 0.25) is 0 Å². The van der Waals surface area contributed by atoms with E-state index in [2.05, 4.69) is 87.9 Å². The molecule has 35 heteroatoms. The fourth-order valence-electron chi connectivity index (χ4n) is 17.1. The maximum atomic E-state index is 12.8. The number of hydrogen-bond donors (Lipinski definition) is 5. The van der Waals surface area contributed by atoms with Crippen molar-refractivity contribution in [3.05, 3.63) is 299 Å². The summed E-state index contributed by atoms with van der Waals surface area (Å²) < 4.78 is 33.2. The zero-order valence-electron chi connectivity index (χ0n) is 75.1. The van der Waals surface area contributed by atoms with E-state index >= 15 is 0 Å². The normalized spacial score (nSPS) is 15.2. The van der Waals surface area contributed by atoms with E-state index in [1.54, 1.807) is 92.0 Å². The molecule has 14 aromatic heterocycles. The molecule has 0 amide bonds. The van der Waals surface area contributed by atoms with Crippen molar-refractivity contribution in [1.29, 1.82) is 0 Å². The van der Waals surface area contributed by atoms with Crippen LogP contribution in [0.2, 0.25) is 10.0 Å². The Morgan fingerprint density at radius 3 is 1.01 bits per heavy atom. The lowest BCUT2D eigenvalue weighted by Crippen LogP contribution is -2.49. The van der Waals surface area contributed by atoms with Crippen molar-refractivity contribution in [2.45, 2.75) is 26.8 Å². The molecule has 686 valence electrons. The van der Waals surface area contributed by atoms with E-state index in [1.165, 1.54) is 12.1 Å². The fourth-order valence-corrected chi connectivity index (χ4v) is 17.6. The number of imidazole rings is 2. The third kappa shape index (κ3) is 20.2. The molecule has 0 bridgehead atoms. The standard InChI is InChI=1S/C21H24N4O3.C20H21ClN4O2.C20H20N6O.C19H19ClN4O2.C19H18N6O/c1-3-28-19-12-15(4-6-18(19)27-2)17-13-21(26)25-14-16(5-7-20(25)23-17)24-10-8-22-9-11-24;1-13-11-24(8-7-22-13)15-4-6-19-23-17(10-20(26)25(19)12-15)14-3-5-18(27-2)16(21)9-14;1-14-11-25-12-15(2-4-18(25)22-14)17-10-20(27)26-13-16(3-5-19(26)23-17)24-8-6-21-7-9-24;1-26-17-4-2-13(10-15(17)20)16-11-19(25)24-12-14(3-5-18(24)22-16)23-8-6-21-7-9-23;26-19-11-16(14-1-3-17-21-7-10-24(17)12-14)22-18-4-2-15(13-25(18)19)23-8-5-20-6-9-23/h4-7,12-14,22H,3,8-11H2,1-2H3;3-6,9-10,12-13,22H,7-8,11H2,1-2H3;2-5,10-13,21H,6-9H2,1H3;2-5,10-12,21H,6-9H2,1H3;1-4,7,10-13,20H,5-6,8-9H2/t;13-;;;/m.0.../s1. The minimum atomic E-state index is -0.119. The molecule has 0 saturated carbocycles. The van der Waals surface area contributed by atoms with Crippen LogP contribution < -0.4 is 97.8 Å². The van der Waals surface area contributed by atoms with Gasteiger partial charge in [0.1, 0.15) is 51.0 Å². The van der Waals surface area contributed by atoms with Crippen LogP contribution in [0.25, 0.3) is 95.8 Å². The maximum Gasteiger partial charge on any atom is 0.258 e. The summed E-state index contributed by atoms with van der Waals surface area (Å²) in [4.78, 5) is 107. The van der Waals surface area contributed by atoms with Crippen molar-refractivity contribution < 1.29 is 18.9 Å². The van der Waals surface area contributed by atoms with Crippen molar-refractivity contribution in [3.8, 4) is 79.3 Å². The Hall–Kier alpha value is -14.6. The molecule has 5 saturated heterocycles. The van der Waals surface area contributed by atoms with Gasteiger partial charge in [-0.3, -0.25) is 46.0 Å². The third-order valence-electron chi connectivity index (χ3n) is 24.1. The highest BCUT2D eigenvalue weighted by molar-refractivity contribution is 6.32. The quantitative estimate of drug-likeness (QED) is 0.0637. The minimum absolute atomic E-state index is 0.0751. The van der Waals surface area contributed by atoms with Crippen LogP contribution in [0.1, 0.15) is 19.5 Å².